The second-order valence-corrected chi connectivity index (χ2v) is 9.55. The SMILES string of the molecule is O=C(Nc1ccccc1)C1CCN(C(=O)C2CCN(C(=O)c3cccc4ccccc34)CC2)CC1. The number of hydrogen-bond acceptors (Lipinski definition) is 3. The molecule has 6 nitrogen and oxygen atoms in total. The van der Waals surface area contributed by atoms with Crippen molar-refractivity contribution in [3.63, 3.8) is 0 Å². The standard InChI is InChI=1S/C29H31N3O3/c33-27(30-24-9-2-1-3-10-24)22-13-17-31(18-14-22)28(34)23-15-19-32(20-16-23)29(35)26-12-6-8-21-7-4-5-11-25(21)26/h1-12,22-23H,13-20H2,(H,30,33). The van der Waals surface area contributed by atoms with Crippen molar-refractivity contribution >= 4 is 34.2 Å². The fourth-order valence-electron chi connectivity index (χ4n) is 5.30. The average Bonchev–Trinajstić information content (AvgIpc) is 2.92. The molecule has 2 aliphatic rings. The average molecular weight is 470 g/mol. The van der Waals surface area contributed by atoms with Gasteiger partial charge in [-0.15, -0.1) is 0 Å². The molecule has 3 amide bonds. The van der Waals surface area contributed by atoms with Crippen LogP contribution in [0, 0.1) is 11.8 Å². The maximum atomic E-state index is 13.2. The highest BCUT2D eigenvalue weighted by molar-refractivity contribution is 6.07. The van der Waals surface area contributed by atoms with E-state index in [1.807, 2.05) is 82.6 Å². The predicted octanol–water partition coefficient (Wildman–Crippen LogP) is 4.57. The second-order valence-electron chi connectivity index (χ2n) is 9.55. The second kappa shape index (κ2) is 10.3. The molecular formula is C29H31N3O3. The Hall–Kier alpha value is -3.67. The van der Waals surface area contributed by atoms with Crippen LogP contribution >= 0.6 is 0 Å². The monoisotopic (exact) mass is 469 g/mol. The van der Waals surface area contributed by atoms with Crippen LogP contribution in [0.4, 0.5) is 5.69 Å². The zero-order chi connectivity index (χ0) is 24.2. The lowest BCUT2D eigenvalue weighted by Crippen LogP contribution is -2.47. The van der Waals surface area contributed by atoms with Crippen molar-refractivity contribution in [2.45, 2.75) is 25.7 Å². The number of carbonyl (C=O) groups is 3. The molecule has 3 aromatic carbocycles. The van der Waals surface area contributed by atoms with Crippen molar-refractivity contribution in [1.29, 1.82) is 0 Å². The first kappa shape index (κ1) is 23.1. The maximum absolute atomic E-state index is 13.2. The van der Waals surface area contributed by atoms with Crippen LogP contribution < -0.4 is 5.32 Å². The zero-order valence-electron chi connectivity index (χ0n) is 19.9. The summed E-state index contributed by atoms with van der Waals surface area (Å²) in [7, 11) is 0. The Balaban J connectivity index is 1.12. The van der Waals surface area contributed by atoms with Gasteiger partial charge in [-0.25, -0.2) is 0 Å². The van der Waals surface area contributed by atoms with Gasteiger partial charge in [-0.3, -0.25) is 14.4 Å². The smallest absolute Gasteiger partial charge is 0.254 e. The Morgan fingerprint density at radius 1 is 0.657 bits per heavy atom. The topological polar surface area (TPSA) is 69.7 Å². The van der Waals surface area contributed by atoms with Gasteiger partial charge in [0, 0.05) is 49.3 Å². The van der Waals surface area contributed by atoms with E-state index in [1.54, 1.807) is 0 Å². The molecule has 2 fully saturated rings. The highest BCUT2D eigenvalue weighted by atomic mass is 16.2. The van der Waals surface area contributed by atoms with Gasteiger partial charge in [-0.05, 0) is 54.7 Å². The van der Waals surface area contributed by atoms with E-state index in [0.29, 0.717) is 51.9 Å². The molecule has 0 radical (unpaired) electrons. The highest BCUT2D eigenvalue weighted by Crippen LogP contribution is 2.27. The number of nitrogens with one attached hydrogen (secondary N) is 1. The van der Waals surface area contributed by atoms with E-state index in [4.69, 9.17) is 0 Å². The number of fused-ring (bicyclic) bond motifs is 1. The van der Waals surface area contributed by atoms with Gasteiger partial charge >= 0.3 is 0 Å². The molecule has 0 unspecified atom stereocenters. The number of benzene rings is 3. The van der Waals surface area contributed by atoms with Gasteiger partial charge in [0.25, 0.3) is 5.91 Å². The van der Waals surface area contributed by atoms with E-state index >= 15 is 0 Å². The molecule has 3 aromatic rings. The molecule has 0 spiro atoms. The third kappa shape index (κ3) is 5.06. The quantitative estimate of drug-likeness (QED) is 0.609. The fourth-order valence-corrected chi connectivity index (χ4v) is 5.30. The van der Waals surface area contributed by atoms with Gasteiger partial charge in [0.15, 0.2) is 0 Å². The number of piperidine rings is 2. The number of likely N-dealkylation sites (tertiary alicyclic amines) is 2. The molecule has 0 aromatic heterocycles. The number of carbonyl (C=O) groups excluding carboxylic acids is 3. The number of rotatable bonds is 4. The van der Waals surface area contributed by atoms with Crippen LogP contribution in [0.3, 0.4) is 0 Å². The van der Waals surface area contributed by atoms with Crippen LogP contribution in [0.25, 0.3) is 10.8 Å². The minimum absolute atomic E-state index is 0.0311. The summed E-state index contributed by atoms with van der Waals surface area (Å²) in [6.07, 6.45) is 2.74. The van der Waals surface area contributed by atoms with Crippen LogP contribution in [0.2, 0.25) is 0 Å². The number of amides is 3. The van der Waals surface area contributed by atoms with Crippen molar-refractivity contribution < 1.29 is 14.4 Å². The molecule has 35 heavy (non-hydrogen) atoms. The first-order chi connectivity index (χ1) is 17.1. The number of nitrogens with zero attached hydrogens (tertiary/aromatic N) is 2. The molecule has 2 heterocycles. The van der Waals surface area contributed by atoms with Crippen molar-refractivity contribution in [2.75, 3.05) is 31.5 Å². The summed E-state index contributed by atoms with van der Waals surface area (Å²) in [6, 6.07) is 23.3. The summed E-state index contributed by atoms with van der Waals surface area (Å²) in [5, 5.41) is 5.01. The van der Waals surface area contributed by atoms with E-state index in [0.717, 1.165) is 22.0 Å². The first-order valence-corrected chi connectivity index (χ1v) is 12.5. The van der Waals surface area contributed by atoms with Gasteiger partial charge in [0.2, 0.25) is 11.8 Å². The lowest BCUT2D eigenvalue weighted by molar-refractivity contribution is -0.139. The molecule has 2 aliphatic heterocycles. The lowest BCUT2D eigenvalue weighted by Gasteiger charge is -2.37. The van der Waals surface area contributed by atoms with Crippen LogP contribution in [-0.4, -0.2) is 53.7 Å². The summed E-state index contributed by atoms with van der Waals surface area (Å²) in [4.78, 5) is 42.8. The van der Waals surface area contributed by atoms with Crippen LogP contribution in [-0.2, 0) is 9.59 Å². The molecule has 1 N–H and O–H groups in total. The lowest BCUT2D eigenvalue weighted by atomic mass is 9.91. The molecule has 5 rings (SSSR count). The van der Waals surface area contributed by atoms with Gasteiger partial charge in [0.1, 0.15) is 0 Å². The van der Waals surface area contributed by atoms with Crippen molar-refractivity contribution in [1.82, 2.24) is 9.80 Å². The van der Waals surface area contributed by atoms with Crippen LogP contribution in [0.5, 0.6) is 0 Å². The summed E-state index contributed by atoms with van der Waals surface area (Å²) in [6.45, 7) is 2.41. The Kier molecular flexibility index (Phi) is 6.80. The molecule has 6 heteroatoms. The molecule has 0 bridgehead atoms. The third-order valence-corrected chi connectivity index (χ3v) is 7.37. The van der Waals surface area contributed by atoms with E-state index in [1.165, 1.54) is 0 Å². The Bertz CT molecular complexity index is 1200. The number of anilines is 1. The van der Waals surface area contributed by atoms with E-state index in [-0.39, 0.29) is 29.6 Å². The minimum atomic E-state index is -0.0700. The predicted molar refractivity (Wildman–Crippen MR) is 137 cm³/mol. The summed E-state index contributed by atoms with van der Waals surface area (Å²) in [5.74, 6) is 0.117. The van der Waals surface area contributed by atoms with Crippen molar-refractivity contribution in [3.05, 3.63) is 78.4 Å². The Morgan fingerprint density at radius 3 is 2.00 bits per heavy atom. The molecule has 0 saturated carbocycles. The third-order valence-electron chi connectivity index (χ3n) is 7.37. The molecule has 180 valence electrons. The molecule has 0 aliphatic carbocycles. The normalized spacial score (nSPS) is 17.4. The van der Waals surface area contributed by atoms with Crippen LogP contribution in [0.1, 0.15) is 36.0 Å². The van der Waals surface area contributed by atoms with Crippen molar-refractivity contribution in [3.8, 4) is 0 Å². The Morgan fingerprint density at radius 2 is 1.26 bits per heavy atom. The largest absolute Gasteiger partial charge is 0.342 e. The molecular weight excluding hydrogens is 438 g/mol. The van der Waals surface area contributed by atoms with E-state index in [9.17, 15) is 14.4 Å². The van der Waals surface area contributed by atoms with E-state index in [2.05, 4.69) is 5.32 Å². The highest BCUT2D eigenvalue weighted by Gasteiger charge is 2.33. The zero-order valence-corrected chi connectivity index (χ0v) is 19.9. The fraction of sp³-hybridized carbons (Fsp3) is 0.345. The number of hydrogen-bond donors (Lipinski definition) is 1. The Labute approximate surface area is 205 Å². The summed E-state index contributed by atoms with van der Waals surface area (Å²) < 4.78 is 0. The van der Waals surface area contributed by atoms with Gasteiger partial charge in [0.05, 0.1) is 0 Å². The number of para-hydroxylation sites is 1. The van der Waals surface area contributed by atoms with Gasteiger partial charge in [-0.1, -0.05) is 54.6 Å². The maximum Gasteiger partial charge on any atom is 0.254 e. The first-order valence-electron chi connectivity index (χ1n) is 12.5. The molecule has 2 saturated heterocycles. The summed E-state index contributed by atoms with van der Waals surface area (Å²) in [5.41, 5.74) is 1.53. The minimum Gasteiger partial charge on any atom is -0.342 e. The molecule has 0 atom stereocenters. The van der Waals surface area contributed by atoms with E-state index < -0.39 is 0 Å². The summed E-state index contributed by atoms with van der Waals surface area (Å²) >= 11 is 0. The van der Waals surface area contributed by atoms with Gasteiger partial charge in [-0.2, -0.15) is 0 Å². The van der Waals surface area contributed by atoms with Gasteiger partial charge < -0.3 is 15.1 Å². The van der Waals surface area contributed by atoms with Crippen molar-refractivity contribution in [2.24, 2.45) is 11.8 Å². The van der Waals surface area contributed by atoms with Crippen LogP contribution in [0.15, 0.2) is 72.8 Å².